The third-order valence-electron chi connectivity index (χ3n) is 6.96. The maximum Gasteiger partial charge on any atom is 0.404 e. The maximum absolute atomic E-state index is 13.2. The Morgan fingerprint density at radius 1 is 1.08 bits per heavy atom. The second kappa shape index (κ2) is 5.42. The van der Waals surface area contributed by atoms with Crippen molar-refractivity contribution in [3.05, 3.63) is 0 Å². The second-order valence-corrected chi connectivity index (χ2v) is 8.01. The zero-order valence-electron chi connectivity index (χ0n) is 13.9. The smallest absolute Gasteiger partial charge is 0.377 e. The molecule has 1 spiro atoms. The van der Waals surface area contributed by atoms with Gasteiger partial charge >= 0.3 is 18.4 Å². The van der Waals surface area contributed by atoms with Gasteiger partial charge in [0.15, 0.2) is 5.41 Å². The van der Waals surface area contributed by atoms with Gasteiger partial charge < -0.3 is 15.0 Å². The summed E-state index contributed by atoms with van der Waals surface area (Å²) in [6.07, 6.45) is -8.50. The van der Waals surface area contributed by atoms with Gasteiger partial charge in [-0.05, 0) is 25.7 Å². The fourth-order valence-electron chi connectivity index (χ4n) is 5.29. The van der Waals surface area contributed by atoms with E-state index in [1.807, 2.05) is 0 Å². The Morgan fingerprint density at radius 2 is 1.73 bits per heavy atom. The molecule has 2 aliphatic heterocycles. The number of nitrogens with one attached hydrogen (secondary N) is 1. The number of fused-ring (bicyclic) bond motifs is 2. The van der Waals surface area contributed by atoms with Crippen LogP contribution in [0.4, 0.5) is 31.1 Å². The van der Waals surface area contributed by atoms with E-state index in [1.54, 1.807) is 0 Å². The van der Waals surface area contributed by atoms with Crippen molar-refractivity contribution in [3.8, 4) is 0 Å². The van der Waals surface area contributed by atoms with Gasteiger partial charge in [-0.25, -0.2) is 4.79 Å². The molecular formula is C16H20F6N2O2. The van der Waals surface area contributed by atoms with Gasteiger partial charge in [-0.15, -0.1) is 0 Å². The summed E-state index contributed by atoms with van der Waals surface area (Å²) in [7, 11) is 0. The first kappa shape index (κ1) is 18.2. The summed E-state index contributed by atoms with van der Waals surface area (Å²) in [5.74, 6) is 0.108. The Balaban J connectivity index is 1.47. The molecule has 0 unspecified atom stereocenters. The van der Waals surface area contributed by atoms with E-state index >= 15 is 0 Å². The Hall–Kier alpha value is -1.19. The fraction of sp³-hybridized carbons (Fsp3) is 0.938. The van der Waals surface area contributed by atoms with E-state index in [0.29, 0.717) is 11.5 Å². The van der Waals surface area contributed by atoms with Crippen LogP contribution in [0.3, 0.4) is 0 Å². The minimum atomic E-state index is -5.45. The number of halogens is 6. The van der Waals surface area contributed by atoms with E-state index in [-0.39, 0.29) is 23.5 Å². The number of hydrogen-bond donors (Lipinski definition) is 1. The van der Waals surface area contributed by atoms with Gasteiger partial charge in [-0.1, -0.05) is 6.42 Å². The number of carbonyl (C=O) groups is 1. The average Bonchev–Trinajstić information content (AvgIpc) is 3.07. The van der Waals surface area contributed by atoms with Crippen molar-refractivity contribution in [2.45, 2.75) is 56.6 Å². The minimum absolute atomic E-state index is 0.0598. The second-order valence-electron chi connectivity index (χ2n) is 8.01. The van der Waals surface area contributed by atoms with Crippen LogP contribution in [0.25, 0.3) is 0 Å². The van der Waals surface area contributed by atoms with Crippen molar-refractivity contribution in [1.29, 1.82) is 0 Å². The summed E-state index contributed by atoms with van der Waals surface area (Å²) in [6, 6.07) is -1.05. The van der Waals surface area contributed by atoms with Gasteiger partial charge in [-0.2, -0.15) is 26.3 Å². The van der Waals surface area contributed by atoms with Crippen molar-refractivity contribution in [2.75, 3.05) is 19.7 Å². The molecule has 0 radical (unpaired) electrons. The SMILES string of the molecule is O=C(N[C@@H]1[C@@H]2CCO[C@H]2C12CCC2)N1CCC(C(F)(F)F)(C(F)(F)F)C1. The van der Waals surface area contributed by atoms with Crippen LogP contribution in [0.2, 0.25) is 0 Å². The van der Waals surface area contributed by atoms with E-state index in [4.69, 9.17) is 4.74 Å². The first-order valence-corrected chi connectivity index (χ1v) is 8.82. The largest absolute Gasteiger partial charge is 0.404 e. The summed E-state index contributed by atoms with van der Waals surface area (Å²) in [5.41, 5.74) is -4.02. The fourth-order valence-corrected chi connectivity index (χ4v) is 5.29. The number of likely N-dealkylation sites (tertiary alicyclic amines) is 1. The van der Waals surface area contributed by atoms with Crippen molar-refractivity contribution in [2.24, 2.45) is 16.7 Å². The summed E-state index contributed by atoms with van der Waals surface area (Å²) >= 11 is 0. The van der Waals surface area contributed by atoms with Gasteiger partial charge in [0.1, 0.15) is 0 Å². The zero-order valence-corrected chi connectivity index (χ0v) is 13.9. The predicted molar refractivity (Wildman–Crippen MR) is 77.2 cm³/mol. The Bertz CT molecular complexity index is 587. The van der Waals surface area contributed by atoms with Crippen LogP contribution >= 0.6 is 0 Å². The molecule has 4 rings (SSSR count). The highest BCUT2D eigenvalue weighted by atomic mass is 19.4. The molecule has 4 fully saturated rings. The highest BCUT2D eigenvalue weighted by Gasteiger charge is 2.73. The third kappa shape index (κ3) is 2.23. The monoisotopic (exact) mass is 386 g/mol. The Labute approximate surface area is 146 Å². The molecule has 2 heterocycles. The molecule has 1 N–H and O–H groups in total. The quantitative estimate of drug-likeness (QED) is 0.702. The molecule has 2 saturated heterocycles. The van der Waals surface area contributed by atoms with Gasteiger partial charge in [-0.3, -0.25) is 0 Å². The number of ether oxygens (including phenoxy) is 1. The van der Waals surface area contributed by atoms with Crippen molar-refractivity contribution >= 4 is 6.03 Å². The molecule has 10 heteroatoms. The average molecular weight is 386 g/mol. The van der Waals surface area contributed by atoms with E-state index in [2.05, 4.69) is 5.32 Å². The Morgan fingerprint density at radius 3 is 2.23 bits per heavy atom. The number of amides is 2. The van der Waals surface area contributed by atoms with E-state index in [0.717, 1.165) is 25.7 Å². The topological polar surface area (TPSA) is 41.6 Å². The molecule has 3 atom stereocenters. The molecule has 2 saturated carbocycles. The van der Waals surface area contributed by atoms with Crippen LogP contribution in [0.1, 0.15) is 32.1 Å². The molecule has 4 nitrogen and oxygen atoms in total. The standard InChI is InChI=1S/C16H20F6N2O2/c17-15(18,19)14(16(20,21)22)5-6-24(8-14)12(25)23-10-9-2-7-26-11(9)13(10)3-1-4-13/h9-11H,1-8H2,(H,23,25)/t9-,10+,11+/m0/s1. The van der Waals surface area contributed by atoms with Crippen molar-refractivity contribution in [1.82, 2.24) is 10.2 Å². The van der Waals surface area contributed by atoms with E-state index in [9.17, 15) is 31.1 Å². The van der Waals surface area contributed by atoms with Gasteiger partial charge in [0, 0.05) is 37.1 Å². The molecule has 0 aromatic rings. The van der Waals surface area contributed by atoms with E-state index in [1.165, 1.54) is 0 Å². The maximum atomic E-state index is 13.2. The molecule has 26 heavy (non-hydrogen) atoms. The van der Waals surface area contributed by atoms with Gasteiger partial charge in [0.25, 0.3) is 0 Å². The number of hydrogen-bond acceptors (Lipinski definition) is 2. The third-order valence-corrected chi connectivity index (χ3v) is 6.96. The number of nitrogens with zero attached hydrogens (tertiary/aromatic N) is 1. The van der Waals surface area contributed by atoms with E-state index < -0.39 is 43.3 Å². The lowest BCUT2D eigenvalue weighted by Gasteiger charge is -2.63. The van der Waals surface area contributed by atoms with Crippen LogP contribution in [0.5, 0.6) is 0 Å². The van der Waals surface area contributed by atoms with Crippen molar-refractivity contribution in [3.63, 3.8) is 0 Å². The number of rotatable bonds is 1. The van der Waals surface area contributed by atoms with Gasteiger partial charge in [0.2, 0.25) is 0 Å². The molecule has 4 aliphatic rings. The summed E-state index contributed by atoms with van der Waals surface area (Å²) in [5, 5.41) is 2.74. The normalized spacial score (nSPS) is 35.0. The molecular weight excluding hydrogens is 366 g/mol. The molecule has 148 valence electrons. The molecule has 0 aromatic heterocycles. The lowest BCUT2D eigenvalue weighted by Crippen LogP contribution is -2.72. The summed E-state index contributed by atoms with van der Waals surface area (Å²) < 4.78 is 84.6. The van der Waals surface area contributed by atoms with Crippen molar-refractivity contribution < 1.29 is 35.9 Å². The molecule has 2 amide bonds. The predicted octanol–water partition coefficient (Wildman–Crippen LogP) is 3.47. The summed E-state index contributed by atoms with van der Waals surface area (Å²) in [4.78, 5) is 13.1. The first-order valence-electron chi connectivity index (χ1n) is 8.82. The first-order chi connectivity index (χ1) is 12.0. The number of alkyl halides is 6. The summed E-state index contributed by atoms with van der Waals surface area (Å²) in [6.45, 7) is -1.36. The lowest BCUT2D eigenvalue weighted by molar-refractivity contribution is -0.334. The highest BCUT2D eigenvalue weighted by Crippen LogP contribution is 2.63. The Kier molecular flexibility index (Phi) is 3.79. The zero-order chi connectivity index (χ0) is 19.0. The molecule has 0 bridgehead atoms. The van der Waals surface area contributed by atoms with Crippen LogP contribution in [-0.2, 0) is 4.74 Å². The number of urea groups is 1. The van der Waals surface area contributed by atoms with Crippen LogP contribution in [0.15, 0.2) is 0 Å². The highest BCUT2D eigenvalue weighted by molar-refractivity contribution is 5.75. The molecule has 2 aliphatic carbocycles. The van der Waals surface area contributed by atoms with Gasteiger partial charge in [0.05, 0.1) is 6.10 Å². The molecule has 0 aromatic carbocycles. The number of carbonyl (C=O) groups excluding carboxylic acids is 1. The van der Waals surface area contributed by atoms with Crippen LogP contribution in [0, 0.1) is 16.7 Å². The lowest BCUT2D eigenvalue weighted by atomic mass is 9.46. The van der Waals surface area contributed by atoms with Crippen LogP contribution < -0.4 is 5.32 Å². The minimum Gasteiger partial charge on any atom is -0.377 e. The van der Waals surface area contributed by atoms with Crippen LogP contribution in [-0.4, -0.2) is 55.1 Å².